The van der Waals surface area contributed by atoms with Gasteiger partial charge in [-0.1, -0.05) is 12.1 Å². The molecule has 0 spiro atoms. The molecular formula is C23H25F2O4P. The number of hydrogen-bond acceptors (Lipinski definition) is 3. The molecule has 7 heteroatoms. The number of aryl methyl sites for hydroxylation is 2. The van der Waals surface area contributed by atoms with Crippen LogP contribution >= 0.6 is 9.24 Å². The number of ether oxygens (including phenoxy) is 2. The van der Waals surface area contributed by atoms with Crippen LogP contribution in [0.5, 0.6) is 5.75 Å². The lowest BCUT2D eigenvalue weighted by molar-refractivity contribution is -0.136. The highest BCUT2D eigenvalue weighted by Gasteiger charge is 2.18. The molecule has 3 rings (SSSR count). The minimum atomic E-state index is -1.02. The van der Waals surface area contributed by atoms with Gasteiger partial charge in [-0.2, -0.15) is 0 Å². The molecule has 0 amide bonds. The molecule has 30 heavy (non-hydrogen) atoms. The molecule has 0 aromatic heterocycles. The van der Waals surface area contributed by atoms with Crippen LogP contribution in [0.1, 0.15) is 36.0 Å². The first-order chi connectivity index (χ1) is 14.3. The highest BCUT2D eigenvalue weighted by molar-refractivity contribution is 7.27. The fourth-order valence-corrected chi connectivity index (χ4v) is 3.72. The molecule has 1 heterocycles. The van der Waals surface area contributed by atoms with Gasteiger partial charge < -0.3 is 14.6 Å². The first-order valence-electron chi connectivity index (χ1n) is 9.83. The van der Waals surface area contributed by atoms with Crippen molar-refractivity contribution in [3.63, 3.8) is 0 Å². The van der Waals surface area contributed by atoms with Crippen LogP contribution < -0.4 is 10.0 Å². The van der Waals surface area contributed by atoms with Gasteiger partial charge in [-0.15, -0.1) is 9.24 Å². The Morgan fingerprint density at radius 1 is 1.17 bits per heavy atom. The Labute approximate surface area is 177 Å². The molecule has 1 N–H and O–H groups in total. The van der Waals surface area contributed by atoms with Gasteiger partial charge in [-0.25, -0.2) is 8.78 Å². The summed E-state index contributed by atoms with van der Waals surface area (Å²) < 4.78 is 40.0. The van der Waals surface area contributed by atoms with Crippen LogP contribution in [-0.2, 0) is 16.0 Å². The van der Waals surface area contributed by atoms with Gasteiger partial charge in [0, 0.05) is 6.42 Å². The average Bonchev–Trinajstić information content (AvgIpc) is 2.93. The van der Waals surface area contributed by atoms with Crippen LogP contribution in [0.25, 0.3) is 5.57 Å². The summed E-state index contributed by atoms with van der Waals surface area (Å²) in [6, 6.07) is 8.44. The summed E-state index contributed by atoms with van der Waals surface area (Å²) in [5, 5.41) is 9.84. The maximum atomic E-state index is 14.4. The summed E-state index contributed by atoms with van der Waals surface area (Å²) in [4.78, 5) is 10.7. The van der Waals surface area contributed by atoms with E-state index in [1.165, 1.54) is 5.56 Å². The average molecular weight is 434 g/mol. The lowest BCUT2D eigenvalue weighted by Gasteiger charge is -2.16. The van der Waals surface area contributed by atoms with E-state index in [0.29, 0.717) is 26.1 Å². The predicted octanol–water partition coefficient (Wildman–Crippen LogP) is 4.43. The number of carboxylic acid groups (broad SMARTS) is 1. The van der Waals surface area contributed by atoms with Crippen molar-refractivity contribution in [1.29, 1.82) is 0 Å². The second-order valence-electron chi connectivity index (χ2n) is 7.34. The van der Waals surface area contributed by atoms with E-state index >= 15 is 0 Å². The molecule has 1 unspecified atom stereocenters. The lowest BCUT2D eigenvalue weighted by atomic mass is 9.95. The first-order valence-corrected chi connectivity index (χ1v) is 10.4. The van der Waals surface area contributed by atoms with Crippen LogP contribution in [0.3, 0.4) is 0 Å². The minimum absolute atomic E-state index is 0.0564. The van der Waals surface area contributed by atoms with E-state index in [2.05, 4.69) is 15.3 Å². The van der Waals surface area contributed by atoms with E-state index in [1.54, 1.807) is 0 Å². The number of halogens is 2. The van der Waals surface area contributed by atoms with Crippen LogP contribution in [0, 0.1) is 18.6 Å². The van der Waals surface area contributed by atoms with Gasteiger partial charge in [-0.05, 0) is 77.5 Å². The van der Waals surface area contributed by atoms with Gasteiger partial charge in [0.1, 0.15) is 6.61 Å². The highest BCUT2D eigenvalue weighted by Crippen LogP contribution is 2.30. The molecule has 0 fully saturated rings. The van der Waals surface area contributed by atoms with E-state index in [1.807, 2.05) is 19.1 Å². The third-order valence-electron chi connectivity index (χ3n) is 5.18. The minimum Gasteiger partial charge on any atom is -0.483 e. The van der Waals surface area contributed by atoms with Crippen LogP contribution in [0.2, 0.25) is 0 Å². The number of benzene rings is 2. The second kappa shape index (κ2) is 10.1. The topological polar surface area (TPSA) is 55.8 Å². The normalized spacial score (nSPS) is 14.5. The number of rotatable bonds is 7. The number of carboxylic acids is 1. The molecular weight excluding hydrogens is 409 g/mol. The zero-order valence-electron chi connectivity index (χ0n) is 16.8. The molecule has 0 aliphatic carbocycles. The Morgan fingerprint density at radius 2 is 1.87 bits per heavy atom. The van der Waals surface area contributed by atoms with E-state index in [0.717, 1.165) is 34.1 Å². The van der Waals surface area contributed by atoms with E-state index < -0.39 is 23.4 Å². The number of aliphatic carboxylic acids is 1. The molecule has 2 aromatic rings. The third kappa shape index (κ3) is 5.65. The third-order valence-corrected chi connectivity index (χ3v) is 5.80. The molecule has 0 bridgehead atoms. The van der Waals surface area contributed by atoms with Crippen LogP contribution in [-0.4, -0.2) is 30.9 Å². The van der Waals surface area contributed by atoms with Gasteiger partial charge >= 0.3 is 5.97 Å². The van der Waals surface area contributed by atoms with Crippen molar-refractivity contribution in [2.24, 2.45) is 0 Å². The van der Waals surface area contributed by atoms with E-state index in [4.69, 9.17) is 14.6 Å². The molecule has 4 nitrogen and oxygen atoms in total. The highest BCUT2D eigenvalue weighted by atomic mass is 31.0. The standard InChI is InChI=1S/C23H25F2O4P/c1-14-2-4-16(12-21(14)30)18-7-9-28-8-6-17(18)13-29-23-19(24)10-15(11-20(23)25)3-5-22(26)27/h2,4,10-12H,3,5-9,13,30H2,1H3,(H,26,27). The SMILES string of the molecule is Cc1ccc(C2=C(COc3c(F)cc(CCC(=O)O)cc3F)CCOCC2)cc1P. The van der Waals surface area contributed by atoms with Crippen molar-refractivity contribution in [2.45, 2.75) is 32.6 Å². The van der Waals surface area contributed by atoms with Crippen molar-refractivity contribution < 1.29 is 28.2 Å². The molecule has 1 aliphatic heterocycles. The van der Waals surface area contributed by atoms with Gasteiger partial charge in [0.15, 0.2) is 17.4 Å². The maximum absolute atomic E-state index is 14.4. The lowest BCUT2D eigenvalue weighted by Crippen LogP contribution is -2.09. The second-order valence-corrected chi connectivity index (χ2v) is 7.96. The van der Waals surface area contributed by atoms with Crippen molar-refractivity contribution >= 4 is 26.1 Å². The van der Waals surface area contributed by atoms with Gasteiger partial charge in [0.25, 0.3) is 0 Å². The summed E-state index contributed by atoms with van der Waals surface area (Å²) in [5.74, 6) is -3.12. The van der Waals surface area contributed by atoms with Gasteiger partial charge in [0.05, 0.1) is 13.2 Å². The molecule has 0 saturated carbocycles. The fraction of sp³-hybridized carbons (Fsp3) is 0.348. The Morgan fingerprint density at radius 3 is 2.53 bits per heavy atom. The molecule has 0 radical (unpaired) electrons. The zero-order chi connectivity index (χ0) is 21.7. The summed E-state index contributed by atoms with van der Waals surface area (Å²) in [7, 11) is 2.72. The molecule has 0 saturated heterocycles. The quantitative estimate of drug-likeness (QED) is 0.655. The van der Waals surface area contributed by atoms with Crippen LogP contribution in [0.15, 0.2) is 35.9 Å². The smallest absolute Gasteiger partial charge is 0.303 e. The largest absolute Gasteiger partial charge is 0.483 e. The molecule has 1 atom stereocenters. The van der Waals surface area contributed by atoms with Crippen LogP contribution in [0.4, 0.5) is 8.78 Å². The van der Waals surface area contributed by atoms with Crippen molar-refractivity contribution in [1.82, 2.24) is 0 Å². The fourth-order valence-electron chi connectivity index (χ4n) is 3.44. The van der Waals surface area contributed by atoms with E-state index in [-0.39, 0.29) is 25.0 Å². The van der Waals surface area contributed by atoms with Crippen molar-refractivity contribution in [3.05, 3.63) is 64.2 Å². The van der Waals surface area contributed by atoms with E-state index in [9.17, 15) is 13.6 Å². The van der Waals surface area contributed by atoms with Crippen molar-refractivity contribution in [2.75, 3.05) is 19.8 Å². The van der Waals surface area contributed by atoms with Crippen molar-refractivity contribution in [3.8, 4) is 5.75 Å². The number of hydrogen-bond donors (Lipinski definition) is 1. The predicted molar refractivity (Wildman–Crippen MR) is 115 cm³/mol. The number of carbonyl (C=O) groups is 1. The Balaban J connectivity index is 1.83. The summed E-state index contributed by atoms with van der Waals surface area (Å²) in [5.41, 5.74) is 4.54. The first kappa shape index (κ1) is 22.4. The summed E-state index contributed by atoms with van der Waals surface area (Å²) in [6.07, 6.45) is 1.19. The summed E-state index contributed by atoms with van der Waals surface area (Å²) >= 11 is 0. The molecule has 160 valence electrons. The van der Waals surface area contributed by atoms with Gasteiger partial charge in [0.2, 0.25) is 0 Å². The maximum Gasteiger partial charge on any atom is 0.303 e. The molecule has 1 aliphatic rings. The zero-order valence-corrected chi connectivity index (χ0v) is 18.0. The Bertz CT molecular complexity index is 949. The Kier molecular flexibility index (Phi) is 7.57. The van der Waals surface area contributed by atoms with Gasteiger partial charge in [-0.3, -0.25) is 4.79 Å². The molecule has 2 aromatic carbocycles. The Hall–Kier alpha value is -2.30. The monoisotopic (exact) mass is 434 g/mol. The summed E-state index contributed by atoms with van der Waals surface area (Å²) in [6.45, 7) is 3.20.